The van der Waals surface area contributed by atoms with Gasteiger partial charge in [0.15, 0.2) is 0 Å². The molecule has 0 aliphatic carbocycles. The molecule has 2 aromatic heterocycles. The quantitative estimate of drug-likeness (QED) is 0.232. The van der Waals surface area contributed by atoms with Gasteiger partial charge in [-0.3, -0.25) is 4.98 Å². The van der Waals surface area contributed by atoms with Crippen LogP contribution in [-0.4, -0.2) is 9.55 Å². The number of rotatable bonds is 4. The van der Waals surface area contributed by atoms with Gasteiger partial charge in [-0.15, -0.1) is 0 Å². The Labute approximate surface area is 226 Å². The monoisotopic (exact) mass is 506 g/mol. The predicted octanol–water partition coefficient (Wildman–Crippen LogP) is 9.83. The molecule has 0 atom stereocenters. The molecule has 0 fully saturated rings. The summed E-state index contributed by atoms with van der Waals surface area (Å²) in [4.78, 5) is 4.82. The lowest BCUT2D eigenvalue weighted by atomic mass is 9.94. The molecule has 0 amide bonds. The van der Waals surface area contributed by atoms with Crippen LogP contribution in [0.4, 0.5) is 0 Å². The van der Waals surface area contributed by atoms with Gasteiger partial charge in [0.05, 0.1) is 16.7 Å². The topological polar surface area (TPSA) is 17.8 Å². The number of hydrogen-bond donors (Lipinski definition) is 0. The minimum absolute atomic E-state index is 0.713. The molecule has 0 radical (unpaired) electrons. The van der Waals surface area contributed by atoms with Crippen LogP contribution in [0.5, 0.6) is 0 Å². The van der Waals surface area contributed by atoms with Crippen LogP contribution in [0.3, 0.4) is 0 Å². The summed E-state index contributed by atoms with van der Waals surface area (Å²) in [7, 11) is 0. The first-order valence-electron chi connectivity index (χ1n) is 12.7. The van der Waals surface area contributed by atoms with Crippen LogP contribution < -0.4 is 0 Å². The molecule has 7 rings (SSSR count). The number of aromatic nitrogens is 2. The van der Waals surface area contributed by atoms with Crippen molar-refractivity contribution in [3.63, 3.8) is 0 Å². The number of benzene rings is 5. The summed E-state index contributed by atoms with van der Waals surface area (Å²) in [6.45, 7) is 0. The Morgan fingerprint density at radius 3 is 1.79 bits per heavy atom. The van der Waals surface area contributed by atoms with E-state index in [1.165, 1.54) is 21.8 Å². The molecule has 38 heavy (non-hydrogen) atoms. The molecular weight excluding hydrogens is 484 g/mol. The molecule has 0 unspecified atom stereocenters. The second-order valence-corrected chi connectivity index (χ2v) is 9.78. The van der Waals surface area contributed by atoms with Gasteiger partial charge < -0.3 is 4.57 Å². The highest BCUT2D eigenvalue weighted by molar-refractivity contribution is 6.33. The third-order valence-electron chi connectivity index (χ3n) is 7.15. The fraction of sp³-hybridized carbons (Fsp3) is 0. The van der Waals surface area contributed by atoms with Crippen molar-refractivity contribution in [2.75, 3.05) is 0 Å². The van der Waals surface area contributed by atoms with E-state index in [2.05, 4.69) is 102 Å². The maximum Gasteiger partial charge on any atom is 0.0708 e. The smallest absolute Gasteiger partial charge is 0.0708 e. The van der Waals surface area contributed by atoms with Crippen molar-refractivity contribution in [1.29, 1.82) is 0 Å². The van der Waals surface area contributed by atoms with Crippen molar-refractivity contribution < 1.29 is 0 Å². The van der Waals surface area contributed by atoms with Crippen molar-refractivity contribution >= 4 is 33.4 Å². The molecule has 2 heterocycles. The summed E-state index contributed by atoms with van der Waals surface area (Å²) in [6.07, 6.45) is 1.94. The number of pyridine rings is 1. The zero-order valence-electron chi connectivity index (χ0n) is 20.6. The SMILES string of the molecule is Clc1ccccc1-c1cnc(-c2ccccc2)cc1-c1ccc(-n2c3ccccc3c3ccccc32)cc1. The van der Waals surface area contributed by atoms with Gasteiger partial charge >= 0.3 is 0 Å². The van der Waals surface area contributed by atoms with Crippen LogP contribution in [0.2, 0.25) is 5.02 Å². The first-order valence-corrected chi connectivity index (χ1v) is 13.0. The summed E-state index contributed by atoms with van der Waals surface area (Å²) < 4.78 is 2.34. The van der Waals surface area contributed by atoms with Crippen LogP contribution in [0.25, 0.3) is 61.0 Å². The van der Waals surface area contributed by atoms with Crippen LogP contribution in [0.1, 0.15) is 0 Å². The Morgan fingerprint density at radius 2 is 1.11 bits per heavy atom. The molecule has 0 bridgehead atoms. The normalized spacial score (nSPS) is 11.3. The number of nitrogens with zero attached hydrogens (tertiary/aromatic N) is 2. The zero-order valence-corrected chi connectivity index (χ0v) is 21.3. The third kappa shape index (κ3) is 3.78. The summed E-state index contributed by atoms with van der Waals surface area (Å²) in [5, 5.41) is 3.23. The average Bonchev–Trinajstić information content (AvgIpc) is 3.32. The van der Waals surface area contributed by atoms with E-state index in [1.54, 1.807) is 0 Å². The molecule has 0 spiro atoms. The minimum Gasteiger partial charge on any atom is -0.309 e. The summed E-state index contributed by atoms with van der Waals surface area (Å²) in [5.41, 5.74) is 9.75. The molecule has 2 nitrogen and oxygen atoms in total. The van der Waals surface area contributed by atoms with Gasteiger partial charge in [-0.05, 0) is 47.5 Å². The van der Waals surface area contributed by atoms with E-state index in [4.69, 9.17) is 16.6 Å². The van der Waals surface area contributed by atoms with Gasteiger partial charge in [0.1, 0.15) is 0 Å². The minimum atomic E-state index is 0.713. The van der Waals surface area contributed by atoms with Crippen LogP contribution in [0.15, 0.2) is 140 Å². The Bertz CT molecular complexity index is 1870. The Balaban J connectivity index is 1.40. The maximum atomic E-state index is 6.65. The van der Waals surface area contributed by atoms with Crippen molar-refractivity contribution in [2.45, 2.75) is 0 Å². The highest BCUT2D eigenvalue weighted by Crippen LogP contribution is 2.38. The van der Waals surface area contributed by atoms with Gasteiger partial charge in [0.25, 0.3) is 0 Å². The van der Waals surface area contributed by atoms with Crippen molar-refractivity contribution in [3.8, 4) is 39.2 Å². The lowest BCUT2D eigenvalue weighted by molar-refractivity contribution is 1.18. The molecule has 0 saturated heterocycles. The highest BCUT2D eigenvalue weighted by Gasteiger charge is 2.15. The first kappa shape index (κ1) is 22.5. The Hall–Kier alpha value is -4.66. The molecular formula is C35H23ClN2. The van der Waals surface area contributed by atoms with Gasteiger partial charge in [-0.25, -0.2) is 0 Å². The van der Waals surface area contributed by atoms with Crippen LogP contribution >= 0.6 is 11.6 Å². The van der Waals surface area contributed by atoms with Gasteiger partial charge in [-0.1, -0.05) is 109 Å². The van der Waals surface area contributed by atoms with E-state index < -0.39 is 0 Å². The predicted molar refractivity (Wildman–Crippen MR) is 160 cm³/mol. The fourth-order valence-corrected chi connectivity index (χ4v) is 5.58. The molecule has 3 heteroatoms. The van der Waals surface area contributed by atoms with Gasteiger partial charge in [0.2, 0.25) is 0 Å². The molecule has 7 aromatic rings. The van der Waals surface area contributed by atoms with E-state index >= 15 is 0 Å². The Morgan fingerprint density at radius 1 is 0.500 bits per heavy atom. The molecule has 5 aromatic carbocycles. The van der Waals surface area contributed by atoms with E-state index in [0.29, 0.717) is 5.02 Å². The van der Waals surface area contributed by atoms with Crippen molar-refractivity contribution in [3.05, 3.63) is 145 Å². The van der Waals surface area contributed by atoms with E-state index in [0.717, 1.165) is 39.2 Å². The summed E-state index contributed by atoms with van der Waals surface area (Å²) >= 11 is 6.65. The van der Waals surface area contributed by atoms with Crippen molar-refractivity contribution in [2.24, 2.45) is 0 Å². The van der Waals surface area contributed by atoms with Crippen molar-refractivity contribution in [1.82, 2.24) is 9.55 Å². The molecule has 0 aliphatic rings. The lowest BCUT2D eigenvalue weighted by Gasteiger charge is -2.15. The number of para-hydroxylation sites is 2. The number of hydrogen-bond acceptors (Lipinski definition) is 1. The standard InChI is InChI=1S/C35H23ClN2/c36-32-15-7-4-12-27(32)31-23-37-33(25-10-2-1-3-11-25)22-30(31)24-18-20-26(21-19-24)38-34-16-8-5-13-28(34)29-14-6-9-17-35(29)38/h1-23H. The Kier molecular flexibility index (Phi) is 5.53. The number of fused-ring (bicyclic) bond motifs is 3. The average molecular weight is 507 g/mol. The summed E-state index contributed by atoms with van der Waals surface area (Å²) in [6, 6.07) is 46.4. The zero-order chi connectivity index (χ0) is 25.5. The maximum absolute atomic E-state index is 6.65. The first-order chi connectivity index (χ1) is 18.8. The molecule has 0 aliphatic heterocycles. The van der Waals surface area contributed by atoms with Crippen LogP contribution in [-0.2, 0) is 0 Å². The fourth-order valence-electron chi connectivity index (χ4n) is 5.35. The van der Waals surface area contributed by atoms with E-state index in [1.807, 2.05) is 42.6 Å². The van der Waals surface area contributed by atoms with Crippen LogP contribution in [0, 0.1) is 0 Å². The largest absolute Gasteiger partial charge is 0.309 e. The summed E-state index contributed by atoms with van der Waals surface area (Å²) in [5.74, 6) is 0. The second-order valence-electron chi connectivity index (χ2n) is 9.38. The van der Waals surface area contributed by atoms with Gasteiger partial charge in [0, 0.05) is 44.4 Å². The molecule has 180 valence electrons. The van der Waals surface area contributed by atoms with E-state index in [9.17, 15) is 0 Å². The molecule has 0 N–H and O–H groups in total. The number of halogens is 1. The lowest BCUT2D eigenvalue weighted by Crippen LogP contribution is -1.95. The van der Waals surface area contributed by atoms with E-state index in [-0.39, 0.29) is 0 Å². The highest BCUT2D eigenvalue weighted by atomic mass is 35.5. The van der Waals surface area contributed by atoms with Gasteiger partial charge in [-0.2, -0.15) is 0 Å². The third-order valence-corrected chi connectivity index (χ3v) is 7.48. The second kappa shape index (κ2) is 9.33. The molecule has 0 saturated carbocycles.